The molecular weight excluding hydrogens is 394 g/mol. The van der Waals surface area contributed by atoms with Crippen molar-refractivity contribution in [3.8, 4) is 11.3 Å². The first-order valence-corrected chi connectivity index (χ1v) is 10.8. The number of hydrazone groups is 1. The molecule has 1 amide bonds. The minimum absolute atomic E-state index is 0.129. The Bertz CT molecular complexity index is 1010. The van der Waals surface area contributed by atoms with Gasteiger partial charge in [0.25, 0.3) is 0 Å². The monoisotopic (exact) mass is 421 g/mol. The van der Waals surface area contributed by atoms with E-state index in [1.54, 1.807) is 6.21 Å². The summed E-state index contributed by atoms with van der Waals surface area (Å²) in [5.74, 6) is -0.129. The van der Waals surface area contributed by atoms with Gasteiger partial charge in [-0.15, -0.1) is 0 Å². The molecule has 0 aliphatic carbocycles. The fraction of sp³-hybridized carbons (Fsp3) is 0.261. The molecule has 0 fully saturated rings. The van der Waals surface area contributed by atoms with Crippen LogP contribution in [0, 0.1) is 6.92 Å². The molecule has 3 rings (SSSR count). The smallest absolute Gasteiger partial charge is 0.221 e. The van der Waals surface area contributed by atoms with Gasteiger partial charge in [0.2, 0.25) is 11.0 Å². The summed E-state index contributed by atoms with van der Waals surface area (Å²) in [5.41, 5.74) is 8.03. The Kier molecular flexibility index (Phi) is 7.19. The molecule has 1 aromatic heterocycles. The van der Waals surface area contributed by atoms with Gasteiger partial charge in [0.05, 0.1) is 6.21 Å². The highest BCUT2D eigenvalue weighted by atomic mass is 32.1. The molecule has 3 aromatic rings. The maximum Gasteiger partial charge on any atom is 0.221 e. The lowest BCUT2D eigenvalue weighted by Gasteiger charge is -2.20. The number of nitrogens with one attached hydrogen (secondary N) is 2. The lowest BCUT2D eigenvalue weighted by atomic mass is 10.1. The predicted octanol–water partition coefficient (Wildman–Crippen LogP) is 5.37. The van der Waals surface area contributed by atoms with Gasteiger partial charge in [-0.3, -0.25) is 10.2 Å². The van der Waals surface area contributed by atoms with Crippen LogP contribution < -0.4 is 15.6 Å². The zero-order valence-electron chi connectivity index (χ0n) is 17.8. The minimum atomic E-state index is -0.129. The van der Waals surface area contributed by atoms with E-state index in [0.717, 1.165) is 29.9 Å². The van der Waals surface area contributed by atoms with Crippen molar-refractivity contribution in [3.05, 3.63) is 59.7 Å². The Balaban J connectivity index is 1.74. The molecule has 0 radical (unpaired) electrons. The molecule has 0 saturated heterocycles. The first-order valence-electron chi connectivity index (χ1n) is 9.99. The van der Waals surface area contributed by atoms with Crippen LogP contribution in [0.3, 0.4) is 0 Å². The number of aryl methyl sites for hydroxylation is 1. The van der Waals surface area contributed by atoms with E-state index in [4.69, 9.17) is 0 Å². The van der Waals surface area contributed by atoms with E-state index in [2.05, 4.69) is 51.7 Å². The van der Waals surface area contributed by atoms with Crippen molar-refractivity contribution >= 4 is 39.3 Å². The van der Waals surface area contributed by atoms with Crippen molar-refractivity contribution in [1.29, 1.82) is 0 Å². The maximum absolute atomic E-state index is 11.6. The summed E-state index contributed by atoms with van der Waals surface area (Å²) < 4.78 is 0. The Morgan fingerprint density at radius 1 is 1.10 bits per heavy atom. The maximum atomic E-state index is 11.6. The van der Waals surface area contributed by atoms with Gasteiger partial charge >= 0.3 is 0 Å². The fourth-order valence-corrected chi connectivity index (χ4v) is 3.93. The number of benzene rings is 2. The van der Waals surface area contributed by atoms with Crippen LogP contribution >= 0.6 is 11.3 Å². The van der Waals surface area contributed by atoms with Crippen LogP contribution in [-0.2, 0) is 4.79 Å². The Hall–Kier alpha value is -3.19. The van der Waals surface area contributed by atoms with Gasteiger partial charge in [-0.25, -0.2) is 4.98 Å². The van der Waals surface area contributed by atoms with Gasteiger partial charge < -0.3 is 10.2 Å². The highest BCUT2D eigenvalue weighted by Gasteiger charge is 2.14. The number of aromatic nitrogens is 1. The topological polar surface area (TPSA) is 69.6 Å². The lowest BCUT2D eigenvalue weighted by Crippen LogP contribution is -2.21. The molecule has 2 N–H and O–H groups in total. The molecule has 0 saturated carbocycles. The number of hydrogen-bond acceptors (Lipinski definition) is 6. The van der Waals surface area contributed by atoms with Gasteiger partial charge in [0.15, 0.2) is 0 Å². The van der Waals surface area contributed by atoms with Crippen LogP contribution in [0.1, 0.15) is 31.9 Å². The van der Waals surface area contributed by atoms with Crippen molar-refractivity contribution in [2.45, 2.75) is 27.7 Å². The summed E-state index contributed by atoms with van der Waals surface area (Å²) in [4.78, 5) is 18.5. The van der Waals surface area contributed by atoms with Gasteiger partial charge in [0, 0.05) is 31.3 Å². The molecule has 30 heavy (non-hydrogen) atoms. The van der Waals surface area contributed by atoms with E-state index in [9.17, 15) is 4.79 Å². The van der Waals surface area contributed by atoms with Crippen molar-refractivity contribution in [3.63, 3.8) is 0 Å². The number of hydrogen-bond donors (Lipinski definition) is 2. The summed E-state index contributed by atoms with van der Waals surface area (Å²) in [5, 5.41) is 8.50. The van der Waals surface area contributed by atoms with E-state index in [1.807, 2.05) is 43.3 Å². The zero-order valence-corrected chi connectivity index (χ0v) is 18.6. The molecule has 156 valence electrons. The van der Waals surface area contributed by atoms with Gasteiger partial charge in [-0.1, -0.05) is 53.3 Å². The van der Waals surface area contributed by atoms with E-state index < -0.39 is 0 Å². The number of nitrogens with zero attached hydrogens (tertiary/aromatic N) is 3. The first kappa shape index (κ1) is 21.5. The van der Waals surface area contributed by atoms with Crippen molar-refractivity contribution < 1.29 is 4.79 Å². The molecule has 0 unspecified atom stereocenters. The summed E-state index contributed by atoms with van der Waals surface area (Å²) in [6.45, 7) is 9.79. The van der Waals surface area contributed by atoms with Gasteiger partial charge in [-0.05, 0) is 38.5 Å². The van der Waals surface area contributed by atoms with Crippen LogP contribution in [0.2, 0.25) is 0 Å². The SMILES string of the molecule is CCN(CC)c1ccc(/C=N/Nc2nc(-c3ccc(C)cc3)c(NC(C)=O)s2)cc1. The van der Waals surface area contributed by atoms with Crippen LogP contribution in [0.15, 0.2) is 53.6 Å². The van der Waals surface area contributed by atoms with Crippen molar-refractivity contribution in [2.75, 3.05) is 28.7 Å². The molecule has 7 heteroatoms. The number of anilines is 3. The Morgan fingerprint density at radius 2 is 1.77 bits per heavy atom. The second-order valence-corrected chi connectivity index (χ2v) is 7.88. The van der Waals surface area contributed by atoms with Gasteiger partial charge in [-0.2, -0.15) is 5.10 Å². The van der Waals surface area contributed by atoms with E-state index >= 15 is 0 Å². The molecular formula is C23H27N5OS. The third-order valence-corrected chi connectivity index (χ3v) is 5.51. The molecule has 0 spiro atoms. The van der Waals surface area contributed by atoms with E-state index in [0.29, 0.717) is 10.1 Å². The molecule has 6 nitrogen and oxygen atoms in total. The van der Waals surface area contributed by atoms with E-state index in [1.165, 1.54) is 29.5 Å². The first-order chi connectivity index (χ1) is 14.5. The third-order valence-electron chi connectivity index (χ3n) is 4.64. The highest BCUT2D eigenvalue weighted by molar-refractivity contribution is 7.20. The standard InChI is InChI=1S/C23H27N5OS/c1-5-28(6-2)20-13-9-18(10-14-20)15-24-27-23-26-21(22(30-23)25-17(4)29)19-11-7-16(3)8-12-19/h7-15H,5-6H2,1-4H3,(H,25,29)(H,26,27)/b24-15+. The number of carbonyl (C=O) groups is 1. The van der Waals surface area contributed by atoms with Crippen LogP contribution in [0.5, 0.6) is 0 Å². The highest BCUT2D eigenvalue weighted by Crippen LogP contribution is 2.36. The quantitative estimate of drug-likeness (QED) is 0.379. The Labute approximate surface area is 181 Å². The normalized spacial score (nSPS) is 10.9. The summed E-state index contributed by atoms with van der Waals surface area (Å²) in [7, 11) is 0. The average Bonchev–Trinajstić information content (AvgIpc) is 3.12. The van der Waals surface area contributed by atoms with Crippen molar-refractivity contribution in [2.24, 2.45) is 5.10 Å². The average molecular weight is 422 g/mol. The van der Waals surface area contributed by atoms with Crippen LogP contribution in [0.4, 0.5) is 15.8 Å². The second kappa shape index (κ2) is 10.0. The number of amides is 1. The molecule has 0 bridgehead atoms. The number of rotatable bonds is 8. The lowest BCUT2D eigenvalue weighted by molar-refractivity contribution is -0.114. The number of thiazole rings is 1. The minimum Gasteiger partial charge on any atom is -0.372 e. The summed E-state index contributed by atoms with van der Waals surface area (Å²) in [6.07, 6.45) is 1.76. The van der Waals surface area contributed by atoms with Crippen LogP contribution in [0.25, 0.3) is 11.3 Å². The summed E-state index contributed by atoms with van der Waals surface area (Å²) >= 11 is 1.36. The largest absolute Gasteiger partial charge is 0.372 e. The third kappa shape index (κ3) is 5.45. The molecule has 0 aliphatic heterocycles. The molecule has 0 atom stereocenters. The fourth-order valence-electron chi connectivity index (χ4n) is 3.04. The molecule has 1 heterocycles. The van der Waals surface area contributed by atoms with Gasteiger partial charge in [0.1, 0.15) is 10.7 Å². The molecule has 2 aromatic carbocycles. The van der Waals surface area contributed by atoms with Crippen LogP contribution in [-0.4, -0.2) is 30.2 Å². The zero-order chi connectivity index (χ0) is 21.5. The Morgan fingerprint density at radius 3 is 2.37 bits per heavy atom. The number of carbonyl (C=O) groups excluding carboxylic acids is 1. The predicted molar refractivity (Wildman–Crippen MR) is 128 cm³/mol. The molecule has 0 aliphatic rings. The second-order valence-electron chi connectivity index (χ2n) is 6.88. The van der Waals surface area contributed by atoms with E-state index in [-0.39, 0.29) is 5.91 Å². The van der Waals surface area contributed by atoms with Crippen molar-refractivity contribution in [1.82, 2.24) is 4.98 Å². The summed E-state index contributed by atoms with van der Waals surface area (Å²) in [6, 6.07) is 16.3.